The molecule has 2 aromatic rings. The first-order valence-corrected chi connectivity index (χ1v) is 9.95. The molecule has 4 nitrogen and oxygen atoms in total. The van der Waals surface area contributed by atoms with Gasteiger partial charge in [-0.1, -0.05) is 24.3 Å². The molecule has 2 aliphatic heterocycles. The molecule has 0 radical (unpaired) electrons. The third-order valence-corrected chi connectivity index (χ3v) is 6.47. The van der Waals surface area contributed by atoms with Crippen LogP contribution in [0.1, 0.15) is 30.1 Å². The number of rotatable bonds is 3. The molecule has 4 rings (SSSR count). The zero-order valence-corrected chi connectivity index (χ0v) is 15.4. The summed E-state index contributed by atoms with van der Waals surface area (Å²) in [5, 5.41) is 2.01. The molecule has 1 saturated heterocycles. The second kappa shape index (κ2) is 6.37. The van der Waals surface area contributed by atoms with Crippen molar-refractivity contribution in [2.75, 3.05) is 23.5 Å². The van der Waals surface area contributed by atoms with E-state index in [2.05, 4.69) is 0 Å². The Morgan fingerprint density at radius 1 is 1.20 bits per heavy atom. The zero-order chi connectivity index (χ0) is 17.6. The molecule has 25 heavy (non-hydrogen) atoms. The maximum absolute atomic E-state index is 13.1. The van der Waals surface area contributed by atoms with Gasteiger partial charge in [0.25, 0.3) is 5.91 Å². The Balaban J connectivity index is 1.65. The van der Waals surface area contributed by atoms with Crippen LogP contribution in [0.3, 0.4) is 0 Å². The minimum atomic E-state index is -0.495. The Bertz CT molecular complexity index is 839. The SMILES string of the molecule is C[C@H](C(=O)N(C)C1CCSCC1)N1C(=O)c2cccc3cccc1c23. The zero-order valence-electron chi connectivity index (χ0n) is 14.6. The highest BCUT2D eigenvalue weighted by Crippen LogP contribution is 2.38. The quantitative estimate of drug-likeness (QED) is 0.846. The van der Waals surface area contributed by atoms with Gasteiger partial charge in [0.05, 0.1) is 5.69 Å². The lowest BCUT2D eigenvalue weighted by Crippen LogP contribution is -2.51. The van der Waals surface area contributed by atoms with E-state index in [-0.39, 0.29) is 17.9 Å². The van der Waals surface area contributed by atoms with Crippen molar-refractivity contribution in [3.8, 4) is 0 Å². The summed E-state index contributed by atoms with van der Waals surface area (Å²) in [6.45, 7) is 1.85. The van der Waals surface area contributed by atoms with Crippen molar-refractivity contribution in [3.63, 3.8) is 0 Å². The average Bonchev–Trinajstić information content (AvgIpc) is 2.95. The summed E-state index contributed by atoms with van der Waals surface area (Å²) >= 11 is 1.95. The van der Waals surface area contributed by atoms with Gasteiger partial charge in [0.15, 0.2) is 0 Å². The van der Waals surface area contributed by atoms with Gasteiger partial charge >= 0.3 is 0 Å². The number of likely N-dealkylation sites (N-methyl/N-ethyl adjacent to an activating group) is 1. The Morgan fingerprint density at radius 2 is 1.88 bits per heavy atom. The van der Waals surface area contributed by atoms with Gasteiger partial charge in [0.2, 0.25) is 5.91 Å². The topological polar surface area (TPSA) is 40.6 Å². The highest BCUT2D eigenvalue weighted by atomic mass is 32.2. The second-order valence-electron chi connectivity index (χ2n) is 6.82. The molecule has 0 bridgehead atoms. The fourth-order valence-electron chi connectivity index (χ4n) is 3.98. The van der Waals surface area contributed by atoms with Crippen LogP contribution in [0.4, 0.5) is 5.69 Å². The van der Waals surface area contributed by atoms with Gasteiger partial charge in [-0.15, -0.1) is 0 Å². The van der Waals surface area contributed by atoms with E-state index in [1.807, 2.05) is 67.0 Å². The predicted octanol–water partition coefficient (Wildman–Crippen LogP) is 3.54. The molecule has 1 fully saturated rings. The van der Waals surface area contributed by atoms with Crippen LogP contribution in [-0.2, 0) is 4.79 Å². The van der Waals surface area contributed by atoms with Gasteiger partial charge in [-0.25, -0.2) is 0 Å². The van der Waals surface area contributed by atoms with Gasteiger partial charge in [0.1, 0.15) is 6.04 Å². The maximum atomic E-state index is 13.1. The molecule has 2 aliphatic rings. The van der Waals surface area contributed by atoms with Crippen LogP contribution in [0, 0.1) is 0 Å². The highest BCUT2D eigenvalue weighted by molar-refractivity contribution is 7.99. The molecule has 0 unspecified atom stereocenters. The number of nitrogens with zero attached hydrogens (tertiary/aromatic N) is 2. The van der Waals surface area contributed by atoms with Crippen molar-refractivity contribution in [1.82, 2.24) is 4.90 Å². The summed E-state index contributed by atoms with van der Waals surface area (Å²) in [7, 11) is 1.88. The standard InChI is InChI=1S/C20H22N2O2S/c1-13(19(23)21(2)15-9-11-25-12-10-15)22-17-8-4-6-14-5-3-7-16(18(14)17)20(22)24/h3-8,13,15H,9-12H2,1-2H3/t13-/m1/s1. The largest absolute Gasteiger partial charge is 0.341 e. The van der Waals surface area contributed by atoms with Crippen LogP contribution in [0.2, 0.25) is 0 Å². The van der Waals surface area contributed by atoms with Gasteiger partial charge < -0.3 is 4.90 Å². The van der Waals surface area contributed by atoms with Crippen molar-refractivity contribution in [1.29, 1.82) is 0 Å². The molecule has 130 valence electrons. The fourth-order valence-corrected chi connectivity index (χ4v) is 5.06. The van der Waals surface area contributed by atoms with Crippen LogP contribution in [0.15, 0.2) is 36.4 Å². The summed E-state index contributed by atoms with van der Waals surface area (Å²) in [5.74, 6) is 2.16. The molecule has 1 atom stereocenters. The Labute approximate surface area is 152 Å². The minimum Gasteiger partial charge on any atom is -0.341 e. The van der Waals surface area contributed by atoms with E-state index in [1.54, 1.807) is 4.90 Å². The molecule has 2 heterocycles. The summed E-state index contributed by atoms with van der Waals surface area (Å²) in [5.41, 5.74) is 1.55. The lowest BCUT2D eigenvalue weighted by atomic mass is 10.1. The maximum Gasteiger partial charge on any atom is 0.259 e. The predicted molar refractivity (Wildman–Crippen MR) is 103 cm³/mol. The molecule has 5 heteroatoms. The van der Waals surface area contributed by atoms with Gasteiger partial charge in [0, 0.05) is 24.0 Å². The Morgan fingerprint density at radius 3 is 2.60 bits per heavy atom. The molecular formula is C20H22N2O2S. The normalized spacial score (nSPS) is 18.6. The van der Waals surface area contributed by atoms with Gasteiger partial charge in [-0.3, -0.25) is 14.5 Å². The smallest absolute Gasteiger partial charge is 0.259 e. The van der Waals surface area contributed by atoms with Crippen LogP contribution < -0.4 is 4.90 Å². The second-order valence-corrected chi connectivity index (χ2v) is 8.05. The third kappa shape index (κ3) is 2.61. The summed E-state index contributed by atoms with van der Waals surface area (Å²) < 4.78 is 0. The van der Waals surface area contributed by atoms with Crippen molar-refractivity contribution in [2.24, 2.45) is 0 Å². The van der Waals surface area contributed by atoms with Crippen molar-refractivity contribution in [2.45, 2.75) is 31.8 Å². The number of hydrogen-bond acceptors (Lipinski definition) is 3. The Kier molecular flexibility index (Phi) is 4.20. The van der Waals surface area contributed by atoms with Crippen LogP contribution in [0.5, 0.6) is 0 Å². The number of thioether (sulfide) groups is 1. The summed E-state index contributed by atoms with van der Waals surface area (Å²) in [6.07, 6.45) is 2.06. The van der Waals surface area contributed by atoms with E-state index in [9.17, 15) is 9.59 Å². The van der Waals surface area contributed by atoms with Crippen molar-refractivity contribution in [3.05, 3.63) is 42.0 Å². The third-order valence-electron chi connectivity index (χ3n) is 5.42. The number of carbonyl (C=O) groups excluding carboxylic acids is 2. The molecule has 2 aromatic carbocycles. The average molecular weight is 354 g/mol. The molecular weight excluding hydrogens is 332 g/mol. The van der Waals surface area contributed by atoms with E-state index in [1.165, 1.54) is 0 Å². The van der Waals surface area contributed by atoms with Crippen molar-refractivity contribution >= 4 is 40.0 Å². The number of amides is 2. The molecule has 0 spiro atoms. The molecule has 0 N–H and O–H groups in total. The lowest BCUT2D eigenvalue weighted by Gasteiger charge is -2.35. The fraction of sp³-hybridized carbons (Fsp3) is 0.400. The number of benzene rings is 2. The van der Waals surface area contributed by atoms with Gasteiger partial charge in [-0.2, -0.15) is 11.8 Å². The molecule has 0 saturated carbocycles. The molecule has 0 aliphatic carbocycles. The van der Waals surface area contributed by atoms with Crippen molar-refractivity contribution < 1.29 is 9.59 Å². The van der Waals surface area contributed by atoms with E-state index in [0.717, 1.165) is 40.8 Å². The molecule has 0 aromatic heterocycles. The van der Waals surface area contributed by atoms with E-state index in [4.69, 9.17) is 0 Å². The van der Waals surface area contributed by atoms with Crippen LogP contribution >= 0.6 is 11.8 Å². The van der Waals surface area contributed by atoms with E-state index >= 15 is 0 Å². The highest BCUT2D eigenvalue weighted by Gasteiger charge is 2.37. The van der Waals surface area contributed by atoms with E-state index in [0.29, 0.717) is 5.56 Å². The first-order chi connectivity index (χ1) is 12.1. The summed E-state index contributed by atoms with van der Waals surface area (Å²) in [4.78, 5) is 29.6. The monoisotopic (exact) mass is 354 g/mol. The summed E-state index contributed by atoms with van der Waals surface area (Å²) in [6, 6.07) is 11.5. The first kappa shape index (κ1) is 16.5. The minimum absolute atomic E-state index is 0.0232. The number of hydrogen-bond donors (Lipinski definition) is 0. The van der Waals surface area contributed by atoms with Gasteiger partial charge in [-0.05, 0) is 48.8 Å². The lowest BCUT2D eigenvalue weighted by molar-refractivity contribution is -0.133. The number of carbonyl (C=O) groups is 2. The van der Waals surface area contributed by atoms with Crippen LogP contribution in [0.25, 0.3) is 10.8 Å². The molecule has 2 amide bonds. The first-order valence-electron chi connectivity index (χ1n) is 8.79. The van der Waals surface area contributed by atoms with E-state index < -0.39 is 6.04 Å². The Hall–Kier alpha value is -2.01. The number of anilines is 1. The van der Waals surface area contributed by atoms with Crippen LogP contribution in [-0.4, -0.2) is 47.4 Å².